The number of benzene rings is 3. The second-order valence-electron chi connectivity index (χ2n) is 16.3. The van der Waals surface area contributed by atoms with Gasteiger partial charge in [-0.2, -0.15) is 0 Å². The Bertz CT molecular complexity index is 2200. The highest BCUT2D eigenvalue weighted by Crippen LogP contribution is 2.53. The van der Waals surface area contributed by atoms with E-state index in [9.17, 15) is 4.79 Å². The first-order valence-corrected chi connectivity index (χ1v) is 19.9. The van der Waals surface area contributed by atoms with E-state index in [2.05, 4.69) is 74.9 Å². The third kappa shape index (κ3) is 6.95. The number of ketones is 1. The molecular weight excluding hydrogens is 694 g/mol. The fourth-order valence-electron chi connectivity index (χ4n) is 9.60. The normalized spacial score (nSPS) is 20.2. The summed E-state index contributed by atoms with van der Waals surface area (Å²) >= 11 is 0. The summed E-state index contributed by atoms with van der Waals surface area (Å²) in [6, 6.07) is 22.9. The van der Waals surface area contributed by atoms with E-state index >= 15 is 4.39 Å². The van der Waals surface area contributed by atoms with E-state index in [0.29, 0.717) is 48.4 Å². The Hall–Kier alpha value is -4.93. The van der Waals surface area contributed by atoms with Crippen LogP contribution in [0.5, 0.6) is 23.0 Å². The summed E-state index contributed by atoms with van der Waals surface area (Å²) in [4.78, 5) is 27.6. The van der Waals surface area contributed by atoms with Gasteiger partial charge in [0.05, 0.1) is 17.4 Å². The van der Waals surface area contributed by atoms with Gasteiger partial charge in [-0.1, -0.05) is 50.2 Å². The molecule has 0 radical (unpaired) electrons. The molecule has 3 fully saturated rings. The first-order chi connectivity index (χ1) is 26.7. The number of carbonyl (C=O) groups is 1. The zero-order valence-electron chi connectivity index (χ0n) is 32.0. The van der Waals surface area contributed by atoms with Crippen molar-refractivity contribution in [3.63, 3.8) is 0 Å². The number of carbonyl (C=O) groups excluding carboxylic acids is 1. The highest BCUT2D eigenvalue weighted by Gasteiger charge is 2.50. The number of nitrogens with zero attached hydrogens (tertiary/aromatic N) is 4. The van der Waals surface area contributed by atoms with Gasteiger partial charge in [0, 0.05) is 74.6 Å². The number of ether oxygens (including phenoxy) is 3. The summed E-state index contributed by atoms with van der Waals surface area (Å²) in [7, 11) is 0. The highest BCUT2D eigenvalue weighted by molar-refractivity contribution is 5.97. The Balaban J connectivity index is 0.898. The predicted octanol–water partition coefficient (Wildman–Crippen LogP) is 8.90. The maximum absolute atomic E-state index is 15.7. The molecule has 1 N–H and O–H groups in total. The molecule has 0 unspecified atom stereocenters. The molecule has 1 atom stereocenters. The molecule has 0 amide bonds. The fourth-order valence-corrected chi connectivity index (χ4v) is 9.60. The molecule has 9 rings (SSSR count). The van der Waals surface area contributed by atoms with Crippen LogP contribution in [0.2, 0.25) is 0 Å². The molecule has 2 aromatic heterocycles. The van der Waals surface area contributed by atoms with Gasteiger partial charge in [0.25, 0.3) is 0 Å². The van der Waals surface area contributed by atoms with Gasteiger partial charge in [-0.25, -0.2) is 9.37 Å². The Morgan fingerprint density at radius 2 is 1.82 bits per heavy atom. The lowest BCUT2D eigenvalue weighted by Crippen LogP contribution is -2.60. The van der Waals surface area contributed by atoms with E-state index in [-0.39, 0.29) is 22.6 Å². The van der Waals surface area contributed by atoms with E-state index in [1.54, 1.807) is 12.3 Å². The van der Waals surface area contributed by atoms with Gasteiger partial charge in [-0.3, -0.25) is 14.6 Å². The molecule has 5 aromatic rings. The van der Waals surface area contributed by atoms with Crippen LogP contribution in [0.1, 0.15) is 85.5 Å². The second-order valence-corrected chi connectivity index (χ2v) is 16.3. The van der Waals surface area contributed by atoms with Crippen LogP contribution in [-0.4, -0.2) is 77.5 Å². The number of aromatic nitrogens is 2. The minimum atomic E-state index is -0.390. The van der Waals surface area contributed by atoms with Crippen molar-refractivity contribution in [3.8, 4) is 23.0 Å². The van der Waals surface area contributed by atoms with E-state index in [4.69, 9.17) is 14.2 Å². The van der Waals surface area contributed by atoms with Crippen LogP contribution in [0.3, 0.4) is 0 Å². The van der Waals surface area contributed by atoms with Crippen molar-refractivity contribution in [2.75, 3.05) is 50.8 Å². The molecule has 1 spiro atoms. The molecule has 0 bridgehead atoms. The largest absolute Gasteiger partial charge is 0.486 e. The summed E-state index contributed by atoms with van der Waals surface area (Å²) in [5.41, 5.74) is 5.79. The maximum Gasteiger partial charge on any atom is 0.165 e. The van der Waals surface area contributed by atoms with Crippen molar-refractivity contribution < 1.29 is 23.4 Å². The quantitative estimate of drug-likeness (QED) is 0.150. The number of hydrogen-bond acceptors (Lipinski definition) is 8. The number of pyridine rings is 1. The first kappa shape index (κ1) is 35.8. The number of piperidine rings is 1. The van der Waals surface area contributed by atoms with Gasteiger partial charge in [-0.15, -0.1) is 0 Å². The van der Waals surface area contributed by atoms with E-state index in [0.717, 1.165) is 87.5 Å². The first-order valence-electron chi connectivity index (χ1n) is 19.9. The third-order valence-corrected chi connectivity index (χ3v) is 12.5. The molecule has 10 heteroatoms. The number of para-hydroxylation sites is 1. The summed E-state index contributed by atoms with van der Waals surface area (Å²) in [5, 5.41) is 0.901. The second kappa shape index (κ2) is 14.6. The zero-order valence-corrected chi connectivity index (χ0v) is 32.0. The number of nitrogens with one attached hydrogen (secondary N) is 1. The molecule has 9 nitrogen and oxygen atoms in total. The number of Topliss-reactive ketones (excluding diaryl/α,β-unsaturated/α-hetero) is 1. The van der Waals surface area contributed by atoms with Crippen molar-refractivity contribution in [1.82, 2.24) is 19.8 Å². The van der Waals surface area contributed by atoms with Gasteiger partial charge in [0.2, 0.25) is 0 Å². The van der Waals surface area contributed by atoms with Gasteiger partial charge in [0.15, 0.2) is 17.3 Å². The smallest absolute Gasteiger partial charge is 0.165 e. The number of halogens is 1. The monoisotopic (exact) mass is 743 g/mol. The number of anilines is 1. The number of aromatic amines is 1. The average molecular weight is 744 g/mol. The summed E-state index contributed by atoms with van der Waals surface area (Å²) < 4.78 is 33.9. The number of hydrogen-bond donors (Lipinski definition) is 1. The molecule has 3 aromatic carbocycles. The van der Waals surface area contributed by atoms with Crippen LogP contribution in [0, 0.1) is 11.2 Å². The molecular formula is C45H50FN5O4. The lowest BCUT2D eigenvalue weighted by molar-refractivity contribution is -0.0629. The van der Waals surface area contributed by atoms with Crippen LogP contribution in [0.4, 0.5) is 10.1 Å². The molecule has 4 aliphatic rings. The van der Waals surface area contributed by atoms with E-state index < -0.39 is 0 Å². The minimum Gasteiger partial charge on any atom is -0.486 e. The van der Waals surface area contributed by atoms with Gasteiger partial charge in [-0.05, 0) is 79.3 Å². The summed E-state index contributed by atoms with van der Waals surface area (Å²) in [6.45, 7) is 12.6. The Morgan fingerprint density at radius 1 is 1.00 bits per heavy atom. The molecule has 55 heavy (non-hydrogen) atoms. The summed E-state index contributed by atoms with van der Waals surface area (Å²) in [6.07, 6.45) is 7.78. The van der Waals surface area contributed by atoms with Gasteiger partial charge >= 0.3 is 0 Å². The molecule has 3 aliphatic heterocycles. The van der Waals surface area contributed by atoms with Crippen LogP contribution in [0.15, 0.2) is 79.1 Å². The van der Waals surface area contributed by atoms with Crippen LogP contribution >= 0.6 is 0 Å². The van der Waals surface area contributed by atoms with E-state index in [1.165, 1.54) is 29.7 Å². The number of H-pyrrole nitrogens is 1. The van der Waals surface area contributed by atoms with Crippen molar-refractivity contribution in [2.24, 2.45) is 5.41 Å². The standard InChI is InChI=1S/C45H50FN5O4/c1-29(2)35-8-4-5-9-36(35)40-28-49(27-32-7-6-10-41-43(32)54-20-19-53-41)17-18-51(40)33-24-45(25-33)12-15-50(16-13-45)39-23-42(37(30(3)52)22-38(39)46)55-34-21-31-11-14-47-44(31)48-26-34/h4-11,14,21-23,26,29,33,40H,12-13,15-20,24-25,27-28H2,1-3H3,(H,47,48)/t40-/m0/s1. The highest BCUT2D eigenvalue weighted by atomic mass is 19.1. The topological polar surface area (TPSA) is 83.2 Å². The Labute approximate surface area is 322 Å². The van der Waals surface area contributed by atoms with Crippen molar-refractivity contribution in [2.45, 2.75) is 71.0 Å². The average Bonchev–Trinajstić information content (AvgIpc) is 3.66. The molecule has 286 valence electrons. The van der Waals surface area contributed by atoms with Gasteiger partial charge < -0.3 is 24.1 Å². The third-order valence-electron chi connectivity index (χ3n) is 12.5. The predicted molar refractivity (Wildman–Crippen MR) is 212 cm³/mol. The van der Waals surface area contributed by atoms with E-state index in [1.807, 2.05) is 24.4 Å². The SMILES string of the molecule is CC(=O)c1cc(F)c(N2CCC3(CC2)CC(N2CCN(Cc4cccc5c4OCCO5)C[C@H]2c2ccccc2C(C)C)C3)cc1Oc1cnc2[nH]ccc2c1. The van der Waals surface area contributed by atoms with Crippen LogP contribution < -0.4 is 19.1 Å². The maximum atomic E-state index is 15.7. The number of fused-ring (bicyclic) bond motifs is 2. The lowest BCUT2D eigenvalue weighted by atomic mass is 9.59. The van der Waals surface area contributed by atoms with Crippen LogP contribution in [-0.2, 0) is 6.54 Å². The lowest BCUT2D eigenvalue weighted by Gasteiger charge is -2.58. The number of piperazine rings is 1. The zero-order chi connectivity index (χ0) is 37.7. The molecule has 1 saturated carbocycles. The minimum absolute atomic E-state index is 0.227. The van der Waals surface area contributed by atoms with Crippen molar-refractivity contribution in [1.29, 1.82) is 0 Å². The molecule has 1 aliphatic carbocycles. The van der Waals surface area contributed by atoms with Crippen LogP contribution in [0.25, 0.3) is 11.0 Å². The fraction of sp³-hybridized carbons (Fsp3) is 0.422. The Morgan fingerprint density at radius 3 is 2.64 bits per heavy atom. The van der Waals surface area contributed by atoms with Gasteiger partial charge in [0.1, 0.15) is 36.2 Å². The molecule has 5 heterocycles. The number of rotatable bonds is 9. The Kier molecular flexibility index (Phi) is 9.50. The van der Waals surface area contributed by atoms with Crippen molar-refractivity contribution >= 4 is 22.5 Å². The molecule has 2 saturated heterocycles. The summed E-state index contributed by atoms with van der Waals surface area (Å²) in [5.74, 6) is 2.40. The van der Waals surface area contributed by atoms with Crippen molar-refractivity contribution in [3.05, 3.63) is 107 Å².